The number of sulfonamides is 1. The summed E-state index contributed by atoms with van der Waals surface area (Å²) >= 11 is 7.49. The standard InChI is InChI=1S/C18H22ClN3O4S2/c19-16-3-1-14(2-4-16)17(15-5-11-27-13-15)21-18(23)20-6-12-28(24,25)22-7-9-26-10-8-22/h1-5,11,13,17H,6-10,12H2,(H2,20,21,23). The van der Waals surface area contributed by atoms with E-state index in [2.05, 4.69) is 10.6 Å². The van der Waals surface area contributed by atoms with Crippen LogP contribution in [0.2, 0.25) is 5.02 Å². The maximum absolute atomic E-state index is 12.4. The molecule has 1 aliphatic rings. The molecule has 1 aliphatic heterocycles. The summed E-state index contributed by atoms with van der Waals surface area (Å²) in [5, 5.41) is 10.1. The molecule has 1 aromatic carbocycles. The van der Waals surface area contributed by atoms with Gasteiger partial charge in [0, 0.05) is 24.7 Å². The maximum Gasteiger partial charge on any atom is 0.315 e. The number of urea groups is 1. The molecule has 152 valence electrons. The highest BCUT2D eigenvalue weighted by Gasteiger charge is 2.24. The molecule has 2 heterocycles. The van der Waals surface area contributed by atoms with Crippen LogP contribution in [-0.4, -0.2) is 57.4 Å². The van der Waals surface area contributed by atoms with Gasteiger partial charge in [-0.2, -0.15) is 15.6 Å². The molecule has 0 aliphatic carbocycles. The van der Waals surface area contributed by atoms with Gasteiger partial charge in [-0.05, 0) is 40.1 Å². The number of rotatable bonds is 7. The second kappa shape index (κ2) is 9.71. The first-order valence-electron chi connectivity index (χ1n) is 8.83. The second-order valence-corrected chi connectivity index (χ2v) is 9.57. The van der Waals surface area contributed by atoms with E-state index in [0.717, 1.165) is 11.1 Å². The SMILES string of the molecule is O=C(NCCS(=O)(=O)N1CCOCC1)NC(c1ccc(Cl)cc1)c1ccsc1. The van der Waals surface area contributed by atoms with E-state index in [9.17, 15) is 13.2 Å². The van der Waals surface area contributed by atoms with E-state index in [4.69, 9.17) is 16.3 Å². The lowest BCUT2D eigenvalue weighted by molar-refractivity contribution is 0.0730. The Morgan fingerprint density at radius 3 is 2.54 bits per heavy atom. The lowest BCUT2D eigenvalue weighted by atomic mass is 10.0. The Morgan fingerprint density at radius 1 is 1.18 bits per heavy atom. The van der Waals surface area contributed by atoms with Gasteiger partial charge in [-0.3, -0.25) is 0 Å². The van der Waals surface area contributed by atoms with E-state index in [1.54, 1.807) is 12.1 Å². The van der Waals surface area contributed by atoms with Crippen LogP contribution in [0.5, 0.6) is 0 Å². The van der Waals surface area contributed by atoms with Crippen molar-refractivity contribution >= 4 is 39.0 Å². The van der Waals surface area contributed by atoms with Gasteiger partial charge in [0.05, 0.1) is 25.0 Å². The van der Waals surface area contributed by atoms with E-state index in [1.165, 1.54) is 15.6 Å². The Balaban J connectivity index is 1.57. The van der Waals surface area contributed by atoms with Crippen LogP contribution in [0.15, 0.2) is 41.1 Å². The molecule has 1 unspecified atom stereocenters. The number of hydrogen-bond donors (Lipinski definition) is 2. The highest BCUT2D eigenvalue weighted by Crippen LogP contribution is 2.25. The number of benzene rings is 1. The molecule has 0 bridgehead atoms. The minimum absolute atomic E-state index is 0.0303. The minimum atomic E-state index is -3.41. The molecule has 0 radical (unpaired) electrons. The molecule has 28 heavy (non-hydrogen) atoms. The van der Waals surface area contributed by atoms with Crippen LogP contribution >= 0.6 is 22.9 Å². The molecule has 2 amide bonds. The van der Waals surface area contributed by atoms with Gasteiger partial charge in [0.2, 0.25) is 10.0 Å². The average Bonchev–Trinajstić information content (AvgIpc) is 3.22. The highest BCUT2D eigenvalue weighted by atomic mass is 35.5. The monoisotopic (exact) mass is 443 g/mol. The number of hydrogen-bond acceptors (Lipinski definition) is 5. The zero-order valence-electron chi connectivity index (χ0n) is 15.1. The molecule has 10 heteroatoms. The fraction of sp³-hybridized carbons (Fsp3) is 0.389. The van der Waals surface area contributed by atoms with Crippen LogP contribution in [-0.2, 0) is 14.8 Å². The largest absolute Gasteiger partial charge is 0.379 e. The van der Waals surface area contributed by atoms with Gasteiger partial charge >= 0.3 is 6.03 Å². The molecule has 2 N–H and O–H groups in total. The summed E-state index contributed by atoms with van der Waals surface area (Å²) in [6, 6.07) is 8.41. The Kier molecular flexibility index (Phi) is 7.30. The van der Waals surface area contributed by atoms with Gasteiger partial charge in [-0.1, -0.05) is 23.7 Å². The van der Waals surface area contributed by atoms with Gasteiger partial charge in [-0.15, -0.1) is 0 Å². The smallest absolute Gasteiger partial charge is 0.315 e. The van der Waals surface area contributed by atoms with Crippen molar-refractivity contribution in [3.8, 4) is 0 Å². The van der Waals surface area contributed by atoms with Crippen LogP contribution in [0.25, 0.3) is 0 Å². The number of thiophene rings is 1. The van der Waals surface area contributed by atoms with E-state index >= 15 is 0 Å². The zero-order valence-corrected chi connectivity index (χ0v) is 17.5. The molecule has 1 fully saturated rings. The summed E-state index contributed by atoms with van der Waals surface area (Å²) in [7, 11) is -3.41. The number of nitrogens with one attached hydrogen (secondary N) is 2. The number of carbonyl (C=O) groups excluding carboxylic acids is 1. The summed E-state index contributed by atoms with van der Waals surface area (Å²) in [6.45, 7) is 1.53. The Hall–Kier alpha value is -1.65. The van der Waals surface area contributed by atoms with Gasteiger partial charge in [0.15, 0.2) is 0 Å². The molecule has 1 atom stereocenters. The van der Waals surface area contributed by atoms with Crippen molar-refractivity contribution < 1.29 is 17.9 Å². The van der Waals surface area contributed by atoms with Crippen LogP contribution < -0.4 is 10.6 Å². The predicted octanol–water partition coefficient (Wildman–Crippen LogP) is 2.45. The van der Waals surface area contributed by atoms with E-state index in [1.807, 2.05) is 29.0 Å². The van der Waals surface area contributed by atoms with Crippen LogP contribution in [0.1, 0.15) is 17.2 Å². The van der Waals surface area contributed by atoms with Gasteiger partial charge in [-0.25, -0.2) is 13.2 Å². The third-order valence-corrected chi connectivity index (χ3v) is 7.19. The zero-order chi connectivity index (χ0) is 20.0. The number of morpholine rings is 1. The topological polar surface area (TPSA) is 87.7 Å². The van der Waals surface area contributed by atoms with Crippen molar-refractivity contribution in [3.63, 3.8) is 0 Å². The third kappa shape index (κ3) is 5.68. The van der Waals surface area contributed by atoms with Crippen molar-refractivity contribution in [2.45, 2.75) is 6.04 Å². The lowest BCUT2D eigenvalue weighted by Crippen LogP contribution is -2.45. The van der Waals surface area contributed by atoms with Crippen molar-refractivity contribution in [1.29, 1.82) is 0 Å². The number of ether oxygens (including phenoxy) is 1. The van der Waals surface area contributed by atoms with E-state index in [0.29, 0.717) is 31.3 Å². The van der Waals surface area contributed by atoms with Crippen molar-refractivity contribution in [2.75, 3.05) is 38.6 Å². The lowest BCUT2D eigenvalue weighted by Gasteiger charge is -2.26. The van der Waals surface area contributed by atoms with Crippen LogP contribution in [0.4, 0.5) is 4.79 Å². The molecule has 7 nitrogen and oxygen atoms in total. The fourth-order valence-electron chi connectivity index (χ4n) is 2.88. The summed E-state index contributed by atoms with van der Waals surface area (Å²) in [5.41, 5.74) is 1.84. The second-order valence-electron chi connectivity index (χ2n) is 6.27. The maximum atomic E-state index is 12.4. The molecule has 1 aromatic heterocycles. The fourth-order valence-corrected chi connectivity index (χ4v) is 5.02. The first-order valence-corrected chi connectivity index (χ1v) is 11.8. The summed E-state index contributed by atoms with van der Waals surface area (Å²) < 4.78 is 31.2. The summed E-state index contributed by atoms with van der Waals surface area (Å²) in [4.78, 5) is 12.4. The van der Waals surface area contributed by atoms with Crippen molar-refractivity contribution in [2.24, 2.45) is 0 Å². The third-order valence-electron chi connectivity index (χ3n) is 4.36. The van der Waals surface area contributed by atoms with Crippen LogP contribution in [0, 0.1) is 0 Å². The number of amides is 2. The van der Waals surface area contributed by atoms with Crippen molar-refractivity contribution in [3.05, 3.63) is 57.2 Å². The molecule has 2 aromatic rings. The predicted molar refractivity (Wildman–Crippen MR) is 110 cm³/mol. The first kappa shape index (κ1) is 21.1. The highest BCUT2D eigenvalue weighted by molar-refractivity contribution is 7.89. The summed E-state index contributed by atoms with van der Waals surface area (Å²) in [6.07, 6.45) is 0. The first-order chi connectivity index (χ1) is 13.5. The van der Waals surface area contributed by atoms with E-state index in [-0.39, 0.29) is 18.3 Å². The van der Waals surface area contributed by atoms with Gasteiger partial charge in [0.25, 0.3) is 0 Å². The molecule has 1 saturated heterocycles. The van der Waals surface area contributed by atoms with Crippen LogP contribution in [0.3, 0.4) is 0 Å². The summed E-state index contributed by atoms with van der Waals surface area (Å²) in [5.74, 6) is -0.148. The number of nitrogens with zero attached hydrogens (tertiary/aromatic N) is 1. The van der Waals surface area contributed by atoms with Gasteiger partial charge < -0.3 is 15.4 Å². The average molecular weight is 444 g/mol. The Bertz CT molecular complexity index is 867. The normalized spacial score (nSPS) is 16.5. The number of carbonyl (C=O) groups is 1. The number of halogens is 1. The molecule has 0 spiro atoms. The van der Waals surface area contributed by atoms with Gasteiger partial charge in [0.1, 0.15) is 0 Å². The minimum Gasteiger partial charge on any atom is -0.379 e. The Labute approximate surface area is 173 Å². The molecule has 3 rings (SSSR count). The quantitative estimate of drug-likeness (QED) is 0.688. The van der Waals surface area contributed by atoms with Crippen molar-refractivity contribution in [1.82, 2.24) is 14.9 Å². The molecular weight excluding hydrogens is 422 g/mol. The molecular formula is C18H22ClN3O4S2. The van der Waals surface area contributed by atoms with E-state index < -0.39 is 16.1 Å². The Morgan fingerprint density at radius 2 is 1.89 bits per heavy atom. The molecule has 0 saturated carbocycles.